The number of primary amides is 1. The minimum Gasteiger partial charge on any atom is -0.483 e. The second kappa shape index (κ2) is 7.61. The Kier molecular flexibility index (Phi) is 5.31. The van der Waals surface area contributed by atoms with Gasteiger partial charge in [0.1, 0.15) is 12.3 Å². The van der Waals surface area contributed by atoms with Crippen LogP contribution in [0.25, 0.3) is 0 Å². The highest BCUT2D eigenvalue weighted by atomic mass is 16.5. The van der Waals surface area contributed by atoms with Gasteiger partial charge >= 0.3 is 0 Å². The Labute approximate surface area is 133 Å². The van der Waals surface area contributed by atoms with Gasteiger partial charge in [0.25, 0.3) is 11.8 Å². The van der Waals surface area contributed by atoms with E-state index < -0.39 is 11.8 Å². The van der Waals surface area contributed by atoms with Crippen molar-refractivity contribution in [2.45, 2.75) is 0 Å². The fourth-order valence-electron chi connectivity index (χ4n) is 2.02. The van der Waals surface area contributed by atoms with Crippen molar-refractivity contribution in [2.24, 2.45) is 5.73 Å². The van der Waals surface area contributed by atoms with Crippen LogP contribution in [0.5, 0.6) is 5.75 Å². The Morgan fingerprint density at radius 2 is 1.74 bits per heavy atom. The number of carbonyl (C=O) groups is 2. The highest BCUT2D eigenvalue weighted by Crippen LogP contribution is 2.18. The molecule has 0 aliphatic carbocycles. The van der Waals surface area contributed by atoms with Gasteiger partial charge in [-0.3, -0.25) is 14.5 Å². The number of amides is 2. The molecule has 0 unspecified atom stereocenters. The molecule has 2 N–H and O–H groups in total. The maximum absolute atomic E-state index is 12.3. The fraction of sp³-hybridized carbons (Fsp3) is 0.118. The molecule has 0 saturated carbocycles. The van der Waals surface area contributed by atoms with E-state index in [1.807, 2.05) is 12.1 Å². The number of hydrogen-bond acceptors (Lipinski definition) is 4. The summed E-state index contributed by atoms with van der Waals surface area (Å²) in [5.74, 6) is -0.791. The van der Waals surface area contributed by atoms with Gasteiger partial charge in [0.05, 0.1) is 11.6 Å². The second-order valence-electron chi connectivity index (χ2n) is 4.62. The number of ether oxygens (including phenoxy) is 1. The van der Waals surface area contributed by atoms with E-state index in [1.54, 1.807) is 42.5 Å². The highest BCUT2D eigenvalue weighted by Gasteiger charge is 2.17. The number of benzene rings is 2. The molecule has 0 fully saturated rings. The van der Waals surface area contributed by atoms with Crippen LogP contribution < -0.4 is 15.4 Å². The molecule has 2 aromatic rings. The van der Waals surface area contributed by atoms with Gasteiger partial charge in [0.15, 0.2) is 6.61 Å². The van der Waals surface area contributed by atoms with Crippen LogP contribution in [0.1, 0.15) is 10.4 Å². The third-order valence-electron chi connectivity index (χ3n) is 3.10. The molecule has 0 atom stereocenters. The quantitative estimate of drug-likeness (QED) is 0.822. The van der Waals surface area contributed by atoms with Crippen LogP contribution in [0.15, 0.2) is 54.6 Å². The molecule has 0 spiro atoms. The van der Waals surface area contributed by atoms with E-state index in [0.717, 1.165) is 0 Å². The summed E-state index contributed by atoms with van der Waals surface area (Å²) in [6, 6.07) is 17.2. The number of carbonyl (C=O) groups excluding carboxylic acids is 2. The van der Waals surface area contributed by atoms with Crippen molar-refractivity contribution < 1.29 is 14.3 Å². The van der Waals surface area contributed by atoms with Crippen LogP contribution >= 0.6 is 0 Å². The Bertz CT molecular complexity index is 738. The Morgan fingerprint density at radius 3 is 2.39 bits per heavy atom. The van der Waals surface area contributed by atoms with Crippen molar-refractivity contribution in [3.63, 3.8) is 0 Å². The summed E-state index contributed by atoms with van der Waals surface area (Å²) < 4.78 is 5.41. The van der Waals surface area contributed by atoms with Crippen molar-refractivity contribution in [2.75, 3.05) is 18.1 Å². The van der Waals surface area contributed by atoms with E-state index in [9.17, 15) is 9.59 Å². The molecule has 0 bridgehead atoms. The first-order valence-corrected chi connectivity index (χ1v) is 6.87. The first kappa shape index (κ1) is 16.0. The summed E-state index contributed by atoms with van der Waals surface area (Å²) >= 11 is 0. The highest BCUT2D eigenvalue weighted by molar-refractivity contribution is 5.97. The van der Waals surface area contributed by atoms with E-state index in [2.05, 4.69) is 0 Å². The maximum atomic E-state index is 12.3. The van der Waals surface area contributed by atoms with Crippen LogP contribution in [0, 0.1) is 11.3 Å². The van der Waals surface area contributed by atoms with Crippen molar-refractivity contribution in [1.29, 1.82) is 5.26 Å². The van der Waals surface area contributed by atoms with E-state index in [-0.39, 0.29) is 24.5 Å². The van der Waals surface area contributed by atoms with Crippen molar-refractivity contribution in [1.82, 2.24) is 0 Å². The predicted octanol–water partition coefficient (Wildman–Crippen LogP) is 1.72. The molecule has 0 saturated heterocycles. The number of nitrogens with zero attached hydrogens (tertiary/aromatic N) is 2. The van der Waals surface area contributed by atoms with Gasteiger partial charge in [-0.05, 0) is 24.3 Å². The van der Waals surface area contributed by atoms with E-state index in [0.29, 0.717) is 5.69 Å². The lowest BCUT2D eigenvalue weighted by molar-refractivity contribution is -0.120. The van der Waals surface area contributed by atoms with E-state index >= 15 is 0 Å². The zero-order valence-corrected chi connectivity index (χ0v) is 12.3. The number of anilines is 1. The molecule has 2 rings (SSSR count). The largest absolute Gasteiger partial charge is 0.483 e. The van der Waals surface area contributed by atoms with Gasteiger partial charge in [0.2, 0.25) is 0 Å². The smallest absolute Gasteiger partial charge is 0.265 e. The molecular weight excluding hydrogens is 294 g/mol. The Morgan fingerprint density at radius 1 is 1.09 bits per heavy atom. The molecule has 116 valence electrons. The maximum Gasteiger partial charge on any atom is 0.265 e. The number of rotatable bonds is 6. The molecular formula is C17H15N3O3. The summed E-state index contributed by atoms with van der Waals surface area (Å²) in [6.07, 6.45) is 0. The number of hydrogen-bond donors (Lipinski definition) is 1. The summed E-state index contributed by atoms with van der Waals surface area (Å²) in [6.45, 7) is -0.398. The molecule has 2 aromatic carbocycles. The average Bonchev–Trinajstić information content (AvgIpc) is 2.58. The molecule has 0 aliphatic heterocycles. The minimum atomic E-state index is -0.634. The fourth-order valence-corrected chi connectivity index (χ4v) is 2.02. The van der Waals surface area contributed by atoms with Crippen LogP contribution in [0.2, 0.25) is 0 Å². The zero-order chi connectivity index (χ0) is 16.7. The molecule has 6 nitrogen and oxygen atoms in total. The topological polar surface area (TPSA) is 96.4 Å². The lowest BCUT2D eigenvalue weighted by atomic mass is 10.2. The summed E-state index contributed by atoms with van der Waals surface area (Å²) in [5.41, 5.74) is 6.07. The van der Waals surface area contributed by atoms with Gasteiger partial charge in [-0.2, -0.15) is 5.26 Å². The van der Waals surface area contributed by atoms with Crippen LogP contribution in [-0.4, -0.2) is 25.0 Å². The number of nitrogens with two attached hydrogens (primary N) is 1. The monoisotopic (exact) mass is 309 g/mol. The van der Waals surface area contributed by atoms with Crippen molar-refractivity contribution in [3.05, 3.63) is 60.2 Å². The summed E-state index contributed by atoms with van der Waals surface area (Å²) in [4.78, 5) is 25.0. The van der Waals surface area contributed by atoms with Gasteiger partial charge in [-0.1, -0.05) is 30.3 Å². The first-order valence-electron chi connectivity index (χ1n) is 6.87. The lowest BCUT2D eigenvalue weighted by Crippen LogP contribution is -2.35. The standard InChI is InChI=1S/C17H15N3O3/c18-10-11-20(13-6-2-1-3-7-13)16(21)12-23-15-9-5-4-8-14(15)17(19)22/h1-9H,11-12H2,(H2,19,22). The molecule has 0 radical (unpaired) electrons. The molecule has 0 aromatic heterocycles. The van der Waals surface area contributed by atoms with Gasteiger partial charge in [0, 0.05) is 5.69 Å². The molecule has 0 aliphatic rings. The SMILES string of the molecule is N#CCN(C(=O)COc1ccccc1C(N)=O)c1ccccc1. The van der Waals surface area contributed by atoms with Crippen LogP contribution in [0.4, 0.5) is 5.69 Å². The third kappa shape index (κ3) is 4.08. The third-order valence-corrected chi connectivity index (χ3v) is 3.10. The van der Waals surface area contributed by atoms with Crippen molar-refractivity contribution in [3.8, 4) is 11.8 Å². The van der Waals surface area contributed by atoms with Crippen LogP contribution in [-0.2, 0) is 4.79 Å². The average molecular weight is 309 g/mol. The summed E-state index contributed by atoms with van der Waals surface area (Å²) in [7, 11) is 0. The van der Waals surface area contributed by atoms with Crippen molar-refractivity contribution >= 4 is 17.5 Å². The van der Waals surface area contributed by atoms with Gasteiger partial charge in [-0.25, -0.2) is 0 Å². The van der Waals surface area contributed by atoms with Gasteiger partial charge in [-0.15, -0.1) is 0 Å². The normalized spacial score (nSPS) is 9.70. The molecule has 23 heavy (non-hydrogen) atoms. The Hall–Kier alpha value is -3.33. The molecule has 2 amide bonds. The molecule has 0 heterocycles. The molecule has 6 heteroatoms. The predicted molar refractivity (Wildman–Crippen MR) is 84.9 cm³/mol. The first-order chi connectivity index (χ1) is 11.1. The van der Waals surface area contributed by atoms with E-state index in [4.69, 9.17) is 15.7 Å². The summed E-state index contributed by atoms with van der Waals surface area (Å²) in [5, 5.41) is 8.90. The lowest BCUT2D eigenvalue weighted by Gasteiger charge is -2.20. The second-order valence-corrected chi connectivity index (χ2v) is 4.62. The van der Waals surface area contributed by atoms with Gasteiger partial charge < -0.3 is 10.5 Å². The van der Waals surface area contributed by atoms with E-state index in [1.165, 1.54) is 11.0 Å². The minimum absolute atomic E-state index is 0.0936. The number of nitriles is 1. The number of para-hydroxylation sites is 2. The zero-order valence-electron chi connectivity index (χ0n) is 12.3. The van der Waals surface area contributed by atoms with Crippen LogP contribution in [0.3, 0.4) is 0 Å². The Balaban J connectivity index is 2.12.